The molecule has 0 aromatic heterocycles. The summed E-state index contributed by atoms with van der Waals surface area (Å²) in [5.74, 6) is 0.882. The lowest BCUT2D eigenvalue weighted by molar-refractivity contribution is 0.0178. The van der Waals surface area contributed by atoms with E-state index < -0.39 is 5.60 Å². The largest absolute Gasteiger partial charge is 0.444 e. The van der Waals surface area contributed by atoms with Gasteiger partial charge in [0.15, 0.2) is 0 Å². The highest BCUT2D eigenvalue weighted by Crippen LogP contribution is 2.28. The summed E-state index contributed by atoms with van der Waals surface area (Å²) >= 11 is 0. The zero-order valence-electron chi connectivity index (χ0n) is 15.0. The second-order valence-electron chi connectivity index (χ2n) is 8.38. The fourth-order valence-electron chi connectivity index (χ4n) is 3.80. The third kappa shape index (κ3) is 5.15. The van der Waals surface area contributed by atoms with Gasteiger partial charge >= 0.3 is 6.09 Å². The maximum atomic E-state index is 12.1. The molecule has 0 aromatic carbocycles. The first-order valence-corrected chi connectivity index (χ1v) is 8.96. The van der Waals surface area contributed by atoms with Crippen molar-refractivity contribution in [2.45, 2.75) is 96.4 Å². The Kier molecular flexibility index (Phi) is 5.76. The van der Waals surface area contributed by atoms with Crippen LogP contribution in [0.25, 0.3) is 0 Å². The van der Waals surface area contributed by atoms with Crippen molar-refractivity contribution in [2.75, 3.05) is 7.05 Å². The molecule has 1 amide bonds. The molecule has 0 heterocycles. The first-order chi connectivity index (χ1) is 10.2. The van der Waals surface area contributed by atoms with Crippen LogP contribution < -0.4 is 5.32 Å². The number of hydrogen-bond donors (Lipinski definition) is 1. The molecule has 22 heavy (non-hydrogen) atoms. The summed E-state index contributed by atoms with van der Waals surface area (Å²) < 4.78 is 5.47. The predicted molar refractivity (Wildman–Crippen MR) is 90.0 cm³/mol. The number of carbonyl (C=O) groups is 1. The first-order valence-electron chi connectivity index (χ1n) is 8.96. The molecule has 0 bridgehead atoms. The number of carbonyl (C=O) groups excluding carboxylic acids is 1. The number of rotatable bonds is 3. The van der Waals surface area contributed by atoms with Gasteiger partial charge in [0, 0.05) is 25.2 Å². The first kappa shape index (κ1) is 17.6. The van der Waals surface area contributed by atoms with E-state index in [4.69, 9.17) is 4.74 Å². The quantitative estimate of drug-likeness (QED) is 0.858. The smallest absolute Gasteiger partial charge is 0.410 e. The molecule has 4 nitrogen and oxygen atoms in total. The molecule has 2 aliphatic rings. The molecule has 0 aromatic rings. The fourth-order valence-corrected chi connectivity index (χ4v) is 3.80. The van der Waals surface area contributed by atoms with Gasteiger partial charge in [0.2, 0.25) is 0 Å². The van der Waals surface area contributed by atoms with Crippen LogP contribution >= 0.6 is 0 Å². The Morgan fingerprint density at radius 1 is 1.05 bits per heavy atom. The molecule has 1 N–H and O–H groups in total. The van der Waals surface area contributed by atoms with Gasteiger partial charge in [0.25, 0.3) is 0 Å². The van der Waals surface area contributed by atoms with E-state index in [0.717, 1.165) is 24.8 Å². The topological polar surface area (TPSA) is 41.6 Å². The number of nitrogens with one attached hydrogen (secondary N) is 1. The monoisotopic (exact) mass is 310 g/mol. The van der Waals surface area contributed by atoms with Crippen LogP contribution in [0, 0.1) is 5.92 Å². The molecule has 0 radical (unpaired) electrons. The maximum absolute atomic E-state index is 12.1. The van der Waals surface area contributed by atoms with Gasteiger partial charge in [-0.2, -0.15) is 0 Å². The summed E-state index contributed by atoms with van der Waals surface area (Å²) in [4.78, 5) is 13.9. The summed E-state index contributed by atoms with van der Waals surface area (Å²) in [7, 11) is 1.88. The molecule has 2 saturated carbocycles. The Morgan fingerprint density at radius 3 is 2.14 bits per heavy atom. The lowest BCUT2D eigenvalue weighted by atomic mass is 9.90. The van der Waals surface area contributed by atoms with Crippen LogP contribution in [0.3, 0.4) is 0 Å². The maximum Gasteiger partial charge on any atom is 0.410 e. The van der Waals surface area contributed by atoms with Crippen molar-refractivity contribution in [3.8, 4) is 0 Å². The van der Waals surface area contributed by atoms with Crippen molar-refractivity contribution < 1.29 is 9.53 Å². The predicted octanol–water partition coefficient (Wildman–Crippen LogP) is 3.94. The van der Waals surface area contributed by atoms with E-state index in [0.29, 0.717) is 12.1 Å². The van der Waals surface area contributed by atoms with Gasteiger partial charge in [0.1, 0.15) is 5.60 Å². The van der Waals surface area contributed by atoms with Crippen LogP contribution in [-0.2, 0) is 4.74 Å². The van der Waals surface area contributed by atoms with Crippen molar-refractivity contribution in [3.63, 3.8) is 0 Å². The minimum Gasteiger partial charge on any atom is -0.444 e. The molecule has 2 atom stereocenters. The van der Waals surface area contributed by atoms with Gasteiger partial charge in [-0.15, -0.1) is 0 Å². The van der Waals surface area contributed by atoms with Gasteiger partial charge < -0.3 is 15.0 Å². The third-order valence-electron chi connectivity index (χ3n) is 5.09. The summed E-state index contributed by atoms with van der Waals surface area (Å²) in [6, 6.07) is 1.69. The van der Waals surface area contributed by atoms with Gasteiger partial charge in [-0.25, -0.2) is 4.79 Å². The fraction of sp³-hybridized carbons (Fsp3) is 0.944. The van der Waals surface area contributed by atoms with E-state index in [-0.39, 0.29) is 6.09 Å². The lowest BCUT2D eigenvalue weighted by Gasteiger charge is -2.36. The van der Waals surface area contributed by atoms with Crippen molar-refractivity contribution >= 4 is 6.09 Å². The number of amides is 1. The highest BCUT2D eigenvalue weighted by molar-refractivity contribution is 5.68. The molecule has 2 aliphatic carbocycles. The molecule has 0 saturated heterocycles. The van der Waals surface area contributed by atoms with Gasteiger partial charge in [0.05, 0.1) is 0 Å². The average molecular weight is 310 g/mol. The number of ether oxygens (including phenoxy) is 1. The Labute approximate surface area is 136 Å². The Hall–Kier alpha value is -0.770. The van der Waals surface area contributed by atoms with Crippen LogP contribution in [-0.4, -0.2) is 41.8 Å². The molecule has 0 aliphatic heterocycles. The molecule has 2 fully saturated rings. The molecular weight excluding hydrogens is 276 g/mol. The van der Waals surface area contributed by atoms with Crippen LogP contribution in [0.1, 0.15) is 72.6 Å². The van der Waals surface area contributed by atoms with Crippen LogP contribution in [0.4, 0.5) is 4.79 Å². The normalized spacial score (nSPS) is 32.8. The molecule has 0 spiro atoms. The van der Waals surface area contributed by atoms with Crippen LogP contribution in [0.2, 0.25) is 0 Å². The Morgan fingerprint density at radius 2 is 1.64 bits per heavy atom. The van der Waals surface area contributed by atoms with Crippen LogP contribution in [0.15, 0.2) is 0 Å². The Balaban J connectivity index is 1.73. The zero-order valence-corrected chi connectivity index (χ0v) is 15.0. The van der Waals surface area contributed by atoms with E-state index in [1.165, 1.54) is 32.1 Å². The highest BCUT2D eigenvalue weighted by Gasteiger charge is 2.31. The summed E-state index contributed by atoms with van der Waals surface area (Å²) in [6.45, 7) is 8.11. The average Bonchev–Trinajstić information content (AvgIpc) is 2.82. The van der Waals surface area contributed by atoms with Gasteiger partial charge in [-0.3, -0.25) is 0 Å². The van der Waals surface area contributed by atoms with Gasteiger partial charge in [-0.1, -0.05) is 6.92 Å². The second kappa shape index (κ2) is 7.20. The van der Waals surface area contributed by atoms with E-state index in [1.807, 2.05) is 27.8 Å². The minimum absolute atomic E-state index is 0.187. The van der Waals surface area contributed by atoms with Gasteiger partial charge in [-0.05, 0) is 71.6 Å². The SMILES string of the molecule is CC1CCC(NC2CCC(N(C)C(=O)OC(C)(C)C)CC2)C1. The molecule has 4 heteroatoms. The standard InChI is InChI=1S/C18H34N2O2/c1-13-6-7-15(12-13)19-14-8-10-16(11-9-14)20(5)17(21)22-18(2,3)4/h13-16,19H,6-12H2,1-5H3. The van der Waals surface area contributed by atoms with Crippen molar-refractivity contribution in [1.29, 1.82) is 0 Å². The van der Waals surface area contributed by atoms with E-state index in [2.05, 4.69) is 12.2 Å². The van der Waals surface area contributed by atoms with Crippen LogP contribution in [0.5, 0.6) is 0 Å². The van der Waals surface area contributed by atoms with E-state index in [9.17, 15) is 4.79 Å². The summed E-state index contributed by atoms with van der Waals surface area (Å²) in [6.07, 6.45) is 8.34. The molecule has 128 valence electrons. The summed E-state index contributed by atoms with van der Waals surface area (Å²) in [5, 5.41) is 3.84. The number of hydrogen-bond acceptors (Lipinski definition) is 3. The van der Waals surface area contributed by atoms with Crippen molar-refractivity contribution in [3.05, 3.63) is 0 Å². The van der Waals surface area contributed by atoms with Crippen molar-refractivity contribution in [2.24, 2.45) is 5.92 Å². The highest BCUT2D eigenvalue weighted by atomic mass is 16.6. The van der Waals surface area contributed by atoms with E-state index >= 15 is 0 Å². The summed E-state index contributed by atoms with van der Waals surface area (Å²) in [5.41, 5.74) is -0.413. The van der Waals surface area contributed by atoms with Crippen molar-refractivity contribution in [1.82, 2.24) is 10.2 Å². The molecular formula is C18H34N2O2. The van der Waals surface area contributed by atoms with E-state index in [1.54, 1.807) is 4.90 Å². The zero-order chi connectivity index (χ0) is 16.3. The third-order valence-corrected chi connectivity index (χ3v) is 5.09. The Bertz CT molecular complexity index is 370. The minimum atomic E-state index is -0.413. The second-order valence-corrected chi connectivity index (χ2v) is 8.38. The number of nitrogens with zero attached hydrogens (tertiary/aromatic N) is 1. The molecule has 2 rings (SSSR count). The lowest BCUT2D eigenvalue weighted by Crippen LogP contribution is -2.46. The molecule has 2 unspecified atom stereocenters.